The van der Waals surface area contributed by atoms with Gasteiger partial charge in [-0.3, -0.25) is 20.1 Å². The predicted octanol–water partition coefficient (Wildman–Crippen LogP) is 3.55. The number of amides is 1. The molecule has 1 saturated heterocycles. The van der Waals surface area contributed by atoms with E-state index in [2.05, 4.69) is 15.9 Å². The summed E-state index contributed by atoms with van der Waals surface area (Å²) in [5.41, 5.74) is 2.21. The quantitative estimate of drug-likeness (QED) is 0.115. The first-order valence-corrected chi connectivity index (χ1v) is 11.2. The first-order chi connectivity index (χ1) is 16.5. The fourth-order valence-corrected chi connectivity index (χ4v) is 4.29. The highest BCUT2D eigenvalue weighted by molar-refractivity contribution is 8.13. The topological polar surface area (TPSA) is 121 Å². The third-order valence-electron chi connectivity index (χ3n) is 5.08. The highest BCUT2D eigenvalue weighted by Crippen LogP contribution is 2.34. The number of nitrogens with two attached hydrogens (primary N) is 2. The van der Waals surface area contributed by atoms with Crippen LogP contribution in [0.2, 0.25) is 0 Å². The summed E-state index contributed by atoms with van der Waals surface area (Å²) in [4.78, 5) is 19.4. The molecule has 1 heterocycles. The van der Waals surface area contributed by atoms with Crippen molar-refractivity contribution in [1.82, 2.24) is 5.01 Å². The summed E-state index contributed by atoms with van der Waals surface area (Å²) < 4.78 is 57.2. The molecule has 6 N–H and O–H groups in total. The standard InChI is InChI=1S/C21H25F4N7O2S/c1-31(27)20(29-26)35-17-5-4-12(30-34-2)8-14(17)19(33)28-18-15(22)9-13(10-16(18)23)32-7-3-6-21(24,25)11-32/h4-5,8-10,30H,3,6-7,11,26-27H2,1-2H3,(H,28,33)/b29-20+. The van der Waals surface area contributed by atoms with Crippen molar-refractivity contribution in [3.8, 4) is 0 Å². The summed E-state index contributed by atoms with van der Waals surface area (Å²) in [5, 5.41) is 7.06. The highest BCUT2D eigenvalue weighted by atomic mass is 32.2. The minimum absolute atomic E-state index is 0.0126. The van der Waals surface area contributed by atoms with E-state index in [4.69, 9.17) is 16.5 Å². The van der Waals surface area contributed by atoms with E-state index in [9.17, 15) is 22.4 Å². The second kappa shape index (κ2) is 11.0. The molecule has 2 aromatic carbocycles. The fraction of sp³-hybridized carbons (Fsp3) is 0.333. The van der Waals surface area contributed by atoms with Gasteiger partial charge < -0.3 is 16.1 Å². The Kier molecular flexibility index (Phi) is 8.30. The number of carbonyl (C=O) groups is 1. The molecule has 35 heavy (non-hydrogen) atoms. The first-order valence-electron chi connectivity index (χ1n) is 10.3. The van der Waals surface area contributed by atoms with Crippen molar-refractivity contribution in [2.45, 2.75) is 23.7 Å². The molecular formula is C21H25F4N7O2S. The lowest BCUT2D eigenvalue weighted by atomic mass is 10.1. The minimum atomic E-state index is -2.95. The molecule has 0 atom stereocenters. The molecule has 1 aliphatic rings. The summed E-state index contributed by atoms with van der Waals surface area (Å²) in [6, 6.07) is 6.37. The van der Waals surface area contributed by atoms with E-state index in [0.717, 1.165) is 28.9 Å². The number of thioether (sulfide) groups is 1. The number of nitrogens with zero attached hydrogens (tertiary/aromatic N) is 3. The Bertz CT molecular complexity index is 1090. The van der Waals surface area contributed by atoms with Crippen LogP contribution in [0.4, 0.5) is 34.6 Å². The number of halogens is 4. The molecule has 2 aromatic rings. The molecule has 1 aliphatic heterocycles. The molecule has 190 valence electrons. The van der Waals surface area contributed by atoms with Gasteiger partial charge in [0.15, 0.2) is 11.6 Å². The Morgan fingerprint density at radius 3 is 2.51 bits per heavy atom. The molecule has 0 unspecified atom stereocenters. The number of rotatable bonds is 6. The molecule has 0 radical (unpaired) electrons. The average molecular weight is 516 g/mol. The largest absolute Gasteiger partial charge is 0.365 e. The van der Waals surface area contributed by atoms with Crippen molar-refractivity contribution in [3.63, 3.8) is 0 Å². The lowest BCUT2D eigenvalue weighted by Gasteiger charge is -2.34. The number of carbonyl (C=O) groups excluding carboxylic acids is 1. The SMILES string of the molecule is CONc1ccc(S/C(=N/N)N(C)N)c(C(=O)Nc2c(F)cc(N3CCCC(F)(F)C3)cc2F)c1. The molecule has 0 bridgehead atoms. The Labute approximate surface area is 203 Å². The van der Waals surface area contributed by atoms with Crippen molar-refractivity contribution in [2.24, 2.45) is 16.8 Å². The Balaban J connectivity index is 1.90. The Morgan fingerprint density at radius 1 is 1.26 bits per heavy atom. The van der Waals surface area contributed by atoms with Crippen molar-refractivity contribution < 1.29 is 27.2 Å². The Morgan fingerprint density at radius 2 is 1.94 bits per heavy atom. The second-order valence-electron chi connectivity index (χ2n) is 7.76. The van der Waals surface area contributed by atoms with Crippen LogP contribution in [0.15, 0.2) is 40.3 Å². The number of piperidine rings is 1. The van der Waals surface area contributed by atoms with Gasteiger partial charge in [-0.25, -0.2) is 23.4 Å². The average Bonchev–Trinajstić information content (AvgIpc) is 2.79. The van der Waals surface area contributed by atoms with Gasteiger partial charge in [-0.05, 0) is 48.5 Å². The lowest BCUT2D eigenvalue weighted by molar-refractivity contribution is -0.0117. The van der Waals surface area contributed by atoms with Crippen LogP contribution in [0.25, 0.3) is 0 Å². The van der Waals surface area contributed by atoms with Gasteiger partial charge in [0.25, 0.3) is 11.8 Å². The van der Waals surface area contributed by atoms with Crippen molar-refractivity contribution >= 4 is 39.9 Å². The fourth-order valence-electron chi connectivity index (χ4n) is 3.49. The summed E-state index contributed by atoms with van der Waals surface area (Å²) in [6.07, 6.45) is -0.0937. The van der Waals surface area contributed by atoms with Crippen LogP contribution in [0.1, 0.15) is 23.2 Å². The minimum Gasteiger partial charge on any atom is -0.365 e. The molecule has 9 nitrogen and oxygen atoms in total. The van der Waals surface area contributed by atoms with E-state index < -0.39 is 35.7 Å². The number of benzene rings is 2. The predicted molar refractivity (Wildman–Crippen MR) is 127 cm³/mol. The molecule has 0 saturated carbocycles. The summed E-state index contributed by atoms with van der Waals surface area (Å²) in [7, 11) is 2.86. The van der Waals surface area contributed by atoms with Gasteiger partial charge in [0.1, 0.15) is 5.69 Å². The molecule has 0 aliphatic carbocycles. The lowest BCUT2D eigenvalue weighted by Crippen LogP contribution is -2.42. The smallest absolute Gasteiger partial charge is 0.265 e. The number of hydrogen-bond acceptors (Lipinski definition) is 8. The van der Waals surface area contributed by atoms with E-state index >= 15 is 0 Å². The summed E-state index contributed by atoms with van der Waals surface area (Å²) in [5.74, 6) is 5.01. The monoisotopic (exact) mass is 515 g/mol. The third-order valence-corrected chi connectivity index (χ3v) is 6.23. The van der Waals surface area contributed by atoms with Crippen LogP contribution >= 0.6 is 11.8 Å². The zero-order valence-corrected chi connectivity index (χ0v) is 19.8. The molecule has 3 rings (SSSR count). The van der Waals surface area contributed by atoms with Crippen molar-refractivity contribution in [3.05, 3.63) is 47.5 Å². The molecule has 1 fully saturated rings. The van der Waals surface area contributed by atoms with Gasteiger partial charge in [-0.1, -0.05) is 0 Å². The zero-order valence-electron chi connectivity index (χ0n) is 18.9. The first kappa shape index (κ1) is 26.4. The van der Waals surface area contributed by atoms with Crippen LogP contribution < -0.4 is 27.4 Å². The number of hydrazone groups is 1. The van der Waals surface area contributed by atoms with Crippen molar-refractivity contribution in [1.29, 1.82) is 0 Å². The van der Waals surface area contributed by atoms with Gasteiger partial charge in [-0.15, -0.1) is 0 Å². The number of anilines is 3. The van der Waals surface area contributed by atoms with Gasteiger partial charge >= 0.3 is 0 Å². The number of hydrogen-bond donors (Lipinski definition) is 4. The van der Waals surface area contributed by atoms with Gasteiger partial charge in [0.2, 0.25) is 5.17 Å². The number of nitrogens with one attached hydrogen (secondary N) is 2. The van der Waals surface area contributed by atoms with Crippen LogP contribution in [0.5, 0.6) is 0 Å². The van der Waals surface area contributed by atoms with E-state index in [1.54, 1.807) is 12.1 Å². The summed E-state index contributed by atoms with van der Waals surface area (Å²) >= 11 is 0.950. The number of hydrazine groups is 1. The molecule has 14 heteroatoms. The summed E-state index contributed by atoms with van der Waals surface area (Å²) in [6.45, 7) is -0.404. The van der Waals surface area contributed by atoms with Gasteiger partial charge in [0, 0.05) is 30.6 Å². The van der Waals surface area contributed by atoms with Crippen LogP contribution in [-0.4, -0.2) is 49.3 Å². The van der Waals surface area contributed by atoms with Crippen LogP contribution in [0, 0.1) is 11.6 Å². The van der Waals surface area contributed by atoms with Gasteiger partial charge in [0.05, 0.1) is 24.9 Å². The maximum absolute atomic E-state index is 14.8. The molecule has 1 amide bonds. The third kappa shape index (κ3) is 6.46. The highest BCUT2D eigenvalue weighted by Gasteiger charge is 2.35. The van der Waals surface area contributed by atoms with Crippen LogP contribution in [0.3, 0.4) is 0 Å². The van der Waals surface area contributed by atoms with E-state index in [1.165, 1.54) is 25.1 Å². The molecule has 0 aromatic heterocycles. The van der Waals surface area contributed by atoms with E-state index in [-0.39, 0.29) is 35.8 Å². The normalized spacial score (nSPS) is 15.6. The maximum atomic E-state index is 14.8. The maximum Gasteiger partial charge on any atom is 0.265 e. The zero-order chi connectivity index (χ0) is 25.8. The van der Waals surface area contributed by atoms with E-state index in [0.29, 0.717) is 10.6 Å². The van der Waals surface area contributed by atoms with Crippen LogP contribution in [-0.2, 0) is 4.84 Å². The second-order valence-corrected chi connectivity index (χ2v) is 8.77. The molecular weight excluding hydrogens is 490 g/mol. The number of alkyl halides is 2. The number of amidine groups is 1. The van der Waals surface area contributed by atoms with Crippen molar-refractivity contribution in [2.75, 3.05) is 42.9 Å². The Hall–Kier alpha value is -3.23. The van der Waals surface area contributed by atoms with Gasteiger partial charge in [-0.2, -0.15) is 5.10 Å². The van der Waals surface area contributed by atoms with E-state index in [1.807, 2.05) is 0 Å². The molecule has 0 spiro atoms.